The Morgan fingerprint density at radius 2 is 1.90 bits per heavy atom. The molecule has 0 spiro atoms. The fourth-order valence-corrected chi connectivity index (χ4v) is 4.93. The molecule has 0 aliphatic heterocycles. The Morgan fingerprint density at radius 1 is 1.10 bits per heavy atom. The Labute approximate surface area is 188 Å². The molecule has 0 unspecified atom stereocenters. The van der Waals surface area contributed by atoms with Gasteiger partial charge in [0, 0.05) is 17.0 Å². The predicted molar refractivity (Wildman–Crippen MR) is 126 cm³/mol. The summed E-state index contributed by atoms with van der Waals surface area (Å²) in [7, 11) is 3.14. The van der Waals surface area contributed by atoms with E-state index >= 15 is 0 Å². The van der Waals surface area contributed by atoms with Crippen LogP contribution in [0, 0.1) is 6.92 Å². The summed E-state index contributed by atoms with van der Waals surface area (Å²) >= 11 is 2.97. The Kier molecular flexibility index (Phi) is 6.39. The van der Waals surface area contributed by atoms with Gasteiger partial charge in [0.25, 0.3) is 0 Å². The molecule has 2 heterocycles. The number of methoxy groups -OCH3 is 2. The summed E-state index contributed by atoms with van der Waals surface area (Å²) in [6.07, 6.45) is 1.54. The van der Waals surface area contributed by atoms with Crippen LogP contribution >= 0.6 is 23.1 Å². The first kappa shape index (κ1) is 21.1. The Hall–Kier alpha value is -3.10. The largest absolute Gasteiger partial charge is 0.497 e. The molecule has 1 N–H and O–H groups in total. The van der Waals surface area contributed by atoms with Gasteiger partial charge < -0.3 is 14.8 Å². The molecular weight excluding hydrogens is 430 g/mol. The van der Waals surface area contributed by atoms with Crippen molar-refractivity contribution in [2.75, 3.05) is 25.3 Å². The molecule has 6 nitrogen and oxygen atoms in total. The van der Waals surface area contributed by atoms with E-state index in [1.54, 1.807) is 50.1 Å². The van der Waals surface area contributed by atoms with Crippen LogP contribution in [0.2, 0.25) is 0 Å². The molecule has 0 saturated heterocycles. The first-order chi connectivity index (χ1) is 15.1. The van der Waals surface area contributed by atoms with Crippen LogP contribution in [0.15, 0.2) is 59.2 Å². The highest BCUT2D eigenvalue weighted by atomic mass is 32.2. The zero-order chi connectivity index (χ0) is 21.8. The van der Waals surface area contributed by atoms with Gasteiger partial charge in [-0.2, -0.15) is 0 Å². The first-order valence-corrected chi connectivity index (χ1v) is 11.4. The fourth-order valence-electron chi connectivity index (χ4n) is 3.13. The van der Waals surface area contributed by atoms with Crippen LogP contribution in [0.25, 0.3) is 21.3 Å². The number of carbonyl (C=O) groups is 1. The van der Waals surface area contributed by atoms with Crippen molar-refractivity contribution in [3.63, 3.8) is 0 Å². The van der Waals surface area contributed by atoms with Crippen molar-refractivity contribution in [2.45, 2.75) is 11.9 Å². The lowest BCUT2D eigenvalue weighted by Crippen LogP contribution is -2.15. The summed E-state index contributed by atoms with van der Waals surface area (Å²) in [5, 5.41) is 6.75. The van der Waals surface area contributed by atoms with Crippen molar-refractivity contribution in [3.8, 4) is 22.6 Å². The molecular formula is C23H21N3O3S2. The molecule has 0 bridgehead atoms. The summed E-state index contributed by atoms with van der Waals surface area (Å²) in [6, 6.07) is 13.6. The van der Waals surface area contributed by atoms with Crippen molar-refractivity contribution in [2.24, 2.45) is 0 Å². The van der Waals surface area contributed by atoms with Gasteiger partial charge in [-0.25, -0.2) is 9.97 Å². The molecule has 31 heavy (non-hydrogen) atoms. The molecule has 0 atom stereocenters. The van der Waals surface area contributed by atoms with E-state index in [9.17, 15) is 4.79 Å². The molecule has 4 rings (SSSR count). The number of hydrogen-bond acceptors (Lipinski definition) is 7. The van der Waals surface area contributed by atoms with E-state index in [-0.39, 0.29) is 11.7 Å². The molecule has 2 aromatic heterocycles. The van der Waals surface area contributed by atoms with Gasteiger partial charge in [0.2, 0.25) is 5.91 Å². The van der Waals surface area contributed by atoms with E-state index in [2.05, 4.69) is 51.9 Å². The lowest BCUT2D eigenvalue weighted by atomic mass is 10.1. The average Bonchev–Trinajstić information content (AvgIpc) is 3.23. The van der Waals surface area contributed by atoms with Crippen LogP contribution < -0.4 is 14.8 Å². The molecule has 2 aromatic carbocycles. The second kappa shape index (κ2) is 9.36. The van der Waals surface area contributed by atoms with Crippen molar-refractivity contribution in [1.82, 2.24) is 9.97 Å². The number of amides is 1. The van der Waals surface area contributed by atoms with Gasteiger partial charge in [-0.05, 0) is 24.6 Å². The zero-order valence-electron chi connectivity index (χ0n) is 17.3. The van der Waals surface area contributed by atoms with Gasteiger partial charge in [-0.15, -0.1) is 11.3 Å². The van der Waals surface area contributed by atoms with E-state index < -0.39 is 0 Å². The second-order valence-electron chi connectivity index (χ2n) is 6.78. The summed E-state index contributed by atoms with van der Waals surface area (Å²) < 4.78 is 10.6. The molecule has 4 aromatic rings. The van der Waals surface area contributed by atoms with E-state index in [4.69, 9.17) is 9.47 Å². The number of fused-ring (bicyclic) bond motifs is 1. The first-order valence-electron chi connectivity index (χ1n) is 9.53. The number of aryl methyl sites for hydroxylation is 1. The Bertz CT molecular complexity index is 1220. The van der Waals surface area contributed by atoms with E-state index in [1.165, 1.54) is 17.3 Å². The minimum absolute atomic E-state index is 0.157. The minimum Gasteiger partial charge on any atom is -0.497 e. The molecule has 158 valence electrons. The number of aromatic nitrogens is 2. The van der Waals surface area contributed by atoms with Gasteiger partial charge in [-0.3, -0.25) is 4.79 Å². The van der Waals surface area contributed by atoms with Crippen LogP contribution in [0.3, 0.4) is 0 Å². The number of nitrogens with one attached hydrogen (secondary N) is 1. The fraction of sp³-hybridized carbons (Fsp3) is 0.174. The number of benzene rings is 2. The van der Waals surface area contributed by atoms with Crippen LogP contribution in [-0.4, -0.2) is 35.8 Å². The maximum Gasteiger partial charge on any atom is 0.234 e. The standard InChI is InChI=1S/C23H21N3O3S2/c1-14-4-6-15(7-5-14)17-11-30-22-21(17)23(25-13-24-22)31-12-20(27)26-18-10-16(28-2)8-9-19(18)29-3/h4-11,13H,12H2,1-3H3,(H,26,27). The van der Waals surface area contributed by atoms with E-state index in [1.807, 2.05) is 0 Å². The number of thioether (sulfide) groups is 1. The highest BCUT2D eigenvalue weighted by molar-refractivity contribution is 8.00. The van der Waals surface area contributed by atoms with Gasteiger partial charge in [0.15, 0.2) is 0 Å². The lowest BCUT2D eigenvalue weighted by Gasteiger charge is -2.12. The molecule has 0 aliphatic rings. The van der Waals surface area contributed by atoms with Gasteiger partial charge in [-0.1, -0.05) is 41.6 Å². The van der Waals surface area contributed by atoms with Crippen molar-refractivity contribution < 1.29 is 14.3 Å². The van der Waals surface area contributed by atoms with Crippen LogP contribution in [0.1, 0.15) is 5.56 Å². The molecule has 8 heteroatoms. The average molecular weight is 452 g/mol. The smallest absolute Gasteiger partial charge is 0.234 e. The molecule has 0 radical (unpaired) electrons. The number of thiophene rings is 1. The summed E-state index contributed by atoms with van der Waals surface area (Å²) in [5.74, 6) is 1.26. The normalized spacial score (nSPS) is 10.8. The number of anilines is 1. The molecule has 1 amide bonds. The molecule has 0 fully saturated rings. The number of nitrogens with zero attached hydrogens (tertiary/aromatic N) is 2. The molecule has 0 aliphatic carbocycles. The lowest BCUT2D eigenvalue weighted by molar-refractivity contribution is -0.113. The number of ether oxygens (including phenoxy) is 2. The second-order valence-corrected chi connectivity index (χ2v) is 8.60. The third-order valence-corrected chi connectivity index (χ3v) is 6.59. The number of hydrogen-bond donors (Lipinski definition) is 1. The topological polar surface area (TPSA) is 73.3 Å². The van der Waals surface area contributed by atoms with Crippen LogP contribution in [-0.2, 0) is 4.79 Å². The Morgan fingerprint density at radius 3 is 2.65 bits per heavy atom. The van der Waals surface area contributed by atoms with E-state index in [0.29, 0.717) is 17.2 Å². The number of rotatable bonds is 7. The van der Waals surface area contributed by atoms with Gasteiger partial charge in [0.05, 0.1) is 31.0 Å². The zero-order valence-corrected chi connectivity index (χ0v) is 19.0. The Balaban J connectivity index is 1.55. The van der Waals surface area contributed by atoms with Gasteiger partial charge in [0.1, 0.15) is 27.7 Å². The van der Waals surface area contributed by atoms with Crippen LogP contribution in [0.4, 0.5) is 5.69 Å². The van der Waals surface area contributed by atoms with Crippen LogP contribution in [0.5, 0.6) is 11.5 Å². The monoisotopic (exact) mass is 451 g/mol. The number of carbonyl (C=O) groups excluding carboxylic acids is 1. The highest BCUT2D eigenvalue weighted by Crippen LogP contribution is 2.38. The van der Waals surface area contributed by atoms with Crippen molar-refractivity contribution >= 4 is 44.9 Å². The summed E-state index contributed by atoms with van der Waals surface area (Å²) in [4.78, 5) is 22.4. The summed E-state index contributed by atoms with van der Waals surface area (Å²) in [5.41, 5.74) is 3.96. The minimum atomic E-state index is -0.157. The highest BCUT2D eigenvalue weighted by Gasteiger charge is 2.16. The SMILES string of the molecule is COc1ccc(OC)c(NC(=O)CSc2ncnc3scc(-c4ccc(C)cc4)c23)c1. The maximum absolute atomic E-state index is 12.7. The van der Waals surface area contributed by atoms with Crippen molar-refractivity contribution in [3.05, 3.63) is 59.7 Å². The van der Waals surface area contributed by atoms with Crippen molar-refractivity contribution in [1.29, 1.82) is 0 Å². The van der Waals surface area contributed by atoms with Gasteiger partial charge >= 0.3 is 0 Å². The maximum atomic E-state index is 12.7. The molecule has 0 saturated carbocycles. The third-order valence-electron chi connectivity index (χ3n) is 4.72. The third kappa shape index (κ3) is 4.65. The van der Waals surface area contributed by atoms with E-state index in [0.717, 1.165) is 26.4 Å². The predicted octanol–water partition coefficient (Wildman–Crippen LogP) is 5.41. The quantitative estimate of drug-likeness (QED) is 0.299. The summed E-state index contributed by atoms with van der Waals surface area (Å²) in [6.45, 7) is 2.07.